The molecule has 6 atom stereocenters. The molecule has 0 spiro atoms. The highest BCUT2D eigenvalue weighted by Gasteiger charge is 2.63. The Morgan fingerprint density at radius 2 is 2.06 bits per heavy atom. The number of rotatable bonds is 8. The molecule has 3 aliphatic carbocycles. The van der Waals surface area contributed by atoms with Crippen LogP contribution in [0.15, 0.2) is 30.9 Å². The zero-order valence-electron chi connectivity index (χ0n) is 19.6. The van der Waals surface area contributed by atoms with E-state index in [0.29, 0.717) is 17.8 Å². The Morgan fingerprint density at radius 1 is 1.28 bits per heavy atom. The van der Waals surface area contributed by atoms with E-state index in [-0.39, 0.29) is 22.7 Å². The van der Waals surface area contributed by atoms with Gasteiger partial charge in [0, 0.05) is 0 Å². The van der Waals surface area contributed by atoms with Gasteiger partial charge in [0.1, 0.15) is 5.75 Å². The summed E-state index contributed by atoms with van der Waals surface area (Å²) in [4.78, 5) is 0. The van der Waals surface area contributed by atoms with Crippen LogP contribution in [0.3, 0.4) is 0 Å². The predicted molar refractivity (Wildman–Crippen MR) is 128 cm³/mol. The first-order valence-electron chi connectivity index (χ1n) is 12.3. The lowest BCUT2D eigenvalue weighted by atomic mass is 9.44. The Labute approximate surface area is 193 Å². The second-order valence-electron chi connectivity index (χ2n) is 10.7. The highest BCUT2D eigenvalue weighted by molar-refractivity contribution is 7.84. The van der Waals surface area contributed by atoms with E-state index in [1.807, 2.05) is 6.07 Å². The summed E-state index contributed by atoms with van der Waals surface area (Å²) in [5, 5.41) is 16.1. The molecule has 0 aliphatic heterocycles. The van der Waals surface area contributed by atoms with Crippen LogP contribution in [0.2, 0.25) is 0 Å². The third kappa shape index (κ3) is 4.03. The van der Waals surface area contributed by atoms with Gasteiger partial charge >= 0.3 is 10.3 Å². The van der Waals surface area contributed by atoms with E-state index in [1.54, 1.807) is 6.07 Å². The quantitative estimate of drug-likeness (QED) is 0.409. The van der Waals surface area contributed by atoms with Gasteiger partial charge in [0.2, 0.25) is 0 Å². The van der Waals surface area contributed by atoms with Crippen LogP contribution in [-0.2, 0) is 16.7 Å². The Kier molecular flexibility index (Phi) is 6.51. The van der Waals surface area contributed by atoms with Crippen molar-refractivity contribution in [2.45, 2.75) is 90.1 Å². The van der Waals surface area contributed by atoms with E-state index < -0.39 is 10.3 Å². The zero-order chi connectivity index (χ0) is 23.1. The topological polar surface area (TPSA) is 89.6 Å². The van der Waals surface area contributed by atoms with Crippen molar-refractivity contribution >= 4 is 10.3 Å². The maximum absolute atomic E-state index is 11.4. The molecule has 2 saturated carbocycles. The number of allylic oxidation sites excluding steroid dienone is 1. The molecule has 178 valence electrons. The smallest absolute Gasteiger partial charge is 0.380 e. The van der Waals surface area contributed by atoms with Gasteiger partial charge in [-0.3, -0.25) is 0 Å². The molecular formula is C26H39NO4S. The molecule has 0 unspecified atom stereocenters. The van der Waals surface area contributed by atoms with Crippen LogP contribution < -0.4 is 9.32 Å². The molecule has 32 heavy (non-hydrogen) atoms. The van der Waals surface area contributed by atoms with Gasteiger partial charge in [0.15, 0.2) is 0 Å². The number of aryl methyl sites for hydroxylation is 1. The molecule has 3 N–H and O–H groups in total. The highest BCUT2D eigenvalue weighted by Crippen LogP contribution is 2.69. The highest BCUT2D eigenvalue weighted by atomic mass is 32.2. The lowest BCUT2D eigenvalue weighted by Gasteiger charge is -2.60. The Bertz CT molecular complexity index is 961. The third-order valence-electron chi connectivity index (χ3n) is 8.99. The molecule has 1 aromatic carbocycles. The summed E-state index contributed by atoms with van der Waals surface area (Å²) in [5.74, 6) is 1.53. The van der Waals surface area contributed by atoms with Crippen molar-refractivity contribution in [3.8, 4) is 5.75 Å². The molecule has 3 aliphatic rings. The summed E-state index contributed by atoms with van der Waals surface area (Å²) < 4.78 is 27.8. The number of aliphatic hydroxyl groups excluding tert-OH is 1. The van der Waals surface area contributed by atoms with Gasteiger partial charge in [-0.1, -0.05) is 51.7 Å². The SMILES string of the molecule is C=C[C@@]12CCc3cc(OS(N)(=O)=O)ccc3[C@H]1[C@@H](CCCCCC)C[C@@]1(C)[C@H]2CC[C@@H]1O. The van der Waals surface area contributed by atoms with Gasteiger partial charge < -0.3 is 9.29 Å². The third-order valence-corrected chi connectivity index (χ3v) is 9.41. The molecule has 0 saturated heterocycles. The minimum Gasteiger partial charge on any atom is -0.393 e. The van der Waals surface area contributed by atoms with Crippen LogP contribution in [0, 0.1) is 22.7 Å². The fourth-order valence-corrected chi connectivity index (χ4v) is 8.07. The zero-order valence-corrected chi connectivity index (χ0v) is 20.4. The van der Waals surface area contributed by atoms with Gasteiger partial charge in [-0.25, -0.2) is 0 Å². The fourth-order valence-electron chi connectivity index (χ4n) is 7.70. The van der Waals surface area contributed by atoms with Gasteiger partial charge in [0.05, 0.1) is 6.10 Å². The summed E-state index contributed by atoms with van der Waals surface area (Å²) in [6.07, 6.45) is 12.9. The van der Waals surface area contributed by atoms with Gasteiger partial charge in [0.25, 0.3) is 0 Å². The molecule has 0 bridgehead atoms. The van der Waals surface area contributed by atoms with Gasteiger partial charge in [-0.05, 0) is 90.4 Å². The maximum Gasteiger partial charge on any atom is 0.380 e. The van der Waals surface area contributed by atoms with Crippen LogP contribution in [-0.4, -0.2) is 19.6 Å². The molecule has 6 heteroatoms. The number of nitrogens with two attached hydrogens (primary N) is 1. The van der Waals surface area contributed by atoms with Crippen molar-refractivity contribution < 1.29 is 17.7 Å². The van der Waals surface area contributed by atoms with Crippen LogP contribution in [0.1, 0.15) is 88.7 Å². The van der Waals surface area contributed by atoms with Crippen molar-refractivity contribution in [3.63, 3.8) is 0 Å². The predicted octanol–water partition coefficient (Wildman–Crippen LogP) is 5.24. The number of hydrogen-bond donors (Lipinski definition) is 2. The average molecular weight is 462 g/mol. The first-order chi connectivity index (χ1) is 15.1. The average Bonchev–Trinajstić information content (AvgIpc) is 3.04. The number of benzene rings is 1. The first kappa shape index (κ1) is 23.8. The van der Waals surface area contributed by atoms with Crippen molar-refractivity contribution in [2.75, 3.05) is 0 Å². The molecule has 0 aromatic heterocycles. The van der Waals surface area contributed by atoms with E-state index in [4.69, 9.17) is 9.32 Å². The summed E-state index contributed by atoms with van der Waals surface area (Å²) in [6, 6.07) is 5.66. The molecular weight excluding hydrogens is 422 g/mol. The minimum atomic E-state index is -4.04. The van der Waals surface area contributed by atoms with Crippen molar-refractivity contribution in [1.82, 2.24) is 0 Å². The molecule has 5 nitrogen and oxygen atoms in total. The molecule has 4 rings (SSSR count). The summed E-state index contributed by atoms with van der Waals surface area (Å²) in [5.41, 5.74) is 2.37. The van der Waals surface area contributed by atoms with E-state index in [9.17, 15) is 13.5 Å². The summed E-state index contributed by atoms with van der Waals surface area (Å²) >= 11 is 0. The Hall–Kier alpha value is -1.37. The van der Waals surface area contributed by atoms with Crippen LogP contribution in [0.4, 0.5) is 0 Å². The molecule has 0 radical (unpaired) electrons. The monoisotopic (exact) mass is 461 g/mol. The lowest BCUT2D eigenvalue weighted by molar-refractivity contribution is -0.0812. The standard InChI is InChI=1S/C26H39NO4S/c1-4-6-7-8-9-19-17-25(3)22(12-13-23(25)28)26(5-2)15-14-18-16-20(31-32(27,29)30)10-11-21(18)24(19)26/h5,10-11,16,19,22-24,28H,2,4,6-9,12-15,17H2,1,3H3,(H2,27,29,30)/t19-,22+,23-,24+,25-,26-/m0/s1. The molecule has 1 aromatic rings. The number of hydrogen-bond acceptors (Lipinski definition) is 4. The number of aliphatic hydroxyl groups is 1. The fraction of sp³-hybridized carbons (Fsp3) is 0.692. The maximum atomic E-state index is 11.4. The number of fused-ring (bicyclic) bond motifs is 5. The summed E-state index contributed by atoms with van der Waals surface area (Å²) in [7, 11) is -4.04. The van der Waals surface area contributed by atoms with E-state index in [2.05, 4.69) is 32.6 Å². The van der Waals surface area contributed by atoms with Crippen molar-refractivity contribution in [2.24, 2.45) is 27.8 Å². The van der Waals surface area contributed by atoms with E-state index >= 15 is 0 Å². The van der Waals surface area contributed by atoms with E-state index in [1.165, 1.54) is 31.2 Å². The second-order valence-corrected chi connectivity index (χ2v) is 11.8. The largest absolute Gasteiger partial charge is 0.393 e. The first-order valence-corrected chi connectivity index (χ1v) is 13.8. The lowest BCUT2D eigenvalue weighted by Crippen LogP contribution is -2.54. The Morgan fingerprint density at radius 3 is 2.75 bits per heavy atom. The summed E-state index contributed by atoms with van der Waals surface area (Å²) in [6.45, 7) is 8.91. The van der Waals surface area contributed by atoms with Gasteiger partial charge in [-0.15, -0.1) is 6.58 Å². The number of unbranched alkanes of at least 4 members (excludes halogenated alkanes) is 3. The Balaban J connectivity index is 1.75. The van der Waals surface area contributed by atoms with Crippen LogP contribution in [0.25, 0.3) is 0 Å². The van der Waals surface area contributed by atoms with Crippen LogP contribution in [0.5, 0.6) is 5.75 Å². The van der Waals surface area contributed by atoms with Gasteiger partial charge in [-0.2, -0.15) is 13.6 Å². The van der Waals surface area contributed by atoms with Crippen molar-refractivity contribution in [1.29, 1.82) is 0 Å². The molecule has 2 fully saturated rings. The van der Waals surface area contributed by atoms with Crippen LogP contribution >= 0.6 is 0 Å². The minimum absolute atomic E-state index is 0.0325. The molecule has 0 heterocycles. The normalized spacial score (nSPS) is 36.1. The molecule has 0 amide bonds. The van der Waals surface area contributed by atoms with E-state index in [0.717, 1.165) is 44.1 Å². The van der Waals surface area contributed by atoms with Crippen molar-refractivity contribution in [3.05, 3.63) is 42.0 Å². The second kappa shape index (κ2) is 8.77.